The first kappa shape index (κ1) is 14.8. The number of ether oxygens (including phenoxy) is 1. The Morgan fingerprint density at radius 2 is 2.32 bits per heavy atom. The fraction of sp³-hybridized carbons (Fsp3) is 0.600. The van der Waals surface area contributed by atoms with E-state index in [0.29, 0.717) is 18.2 Å². The lowest BCUT2D eigenvalue weighted by atomic mass is 10.1. The smallest absolute Gasteiger partial charge is 0.0711 e. The quantitative estimate of drug-likeness (QED) is 0.899. The minimum absolute atomic E-state index is 0.361. The van der Waals surface area contributed by atoms with Crippen LogP contribution in [0, 0.1) is 0 Å². The molecular weight excluding hydrogens is 260 g/mol. The van der Waals surface area contributed by atoms with Gasteiger partial charge in [0.05, 0.1) is 6.10 Å². The molecule has 1 N–H and O–H groups in total. The van der Waals surface area contributed by atoms with Crippen molar-refractivity contribution in [3.8, 4) is 0 Å². The van der Waals surface area contributed by atoms with E-state index in [9.17, 15) is 0 Å². The average Bonchev–Trinajstić information content (AvgIpc) is 2.85. The monoisotopic (exact) mass is 282 g/mol. The van der Waals surface area contributed by atoms with E-state index in [1.165, 1.54) is 5.56 Å². The lowest BCUT2D eigenvalue weighted by Crippen LogP contribution is -2.36. The van der Waals surface area contributed by atoms with Crippen molar-refractivity contribution in [2.24, 2.45) is 0 Å². The zero-order valence-electron chi connectivity index (χ0n) is 11.9. The number of nitrogens with zero attached hydrogens (tertiary/aromatic N) is 1. The summed E-state index contributed by atoms with van der Waals surface area (Å²) >= 11 is 6.05. The Bertz CT molecular complexity index is 413. The van der Waals surface area contributed by atoms with Gasteiger partial charge >= 0.3 is 0 Å². The summed E-state index contributed by atoms with van der Waals surface area (Å²) in [4.78, 5) is 2.36. The van der Waals surface area contributed by atoms with Crippen LogP contribution in [-0.4, -0.2) is 44.3 Å². The molecule has 1 aliphatic heterocycles. The molecular formula is C15H23ClN2O. The number of halogens is 1. The zero-order chi connectivity index (χ0) is 13.8. The van der Waals surface area contributed by atoms with Crippen molar-refractivity contribution in [3.63, 3.8) is 0 Å². The maximum absolute atomic E-state index is 6.05. The van der Waals surface area contributed by atoms with Gasteiger partial charge in [-0.2, -0.15) is 0 Å². The van der Waals surface area contributed by atoms with E-state index in [1.807, 2.05) is 18.2 Å². The number of rotatable bonds is 5. The summed E-state index contributed by atoms with van der Waals surface area (Å²) in [6, 6.07) is 8.98. The minimum atomic E-state index is 0.361. The number of nitrogens with one attached hydrogen (secondary N) is 1. The molecule has 2 rings (SSSR count). The van der Waals surface area contributed by atoms with E-state index >= 15 is 0 Å². The highest BCUT2D eigenvalue weighted by molar-refractivity contribution is 6.30. The van der Waals surface area contributed by atoms with Crippen LogP contribution >= 0.6 is 11.6 Å². The highest BCUT2D eigenvalue weighted by Gasteiger charge is 2.25. The van der Waals surface area contributed by atoms with Crippen LogP contribution in [0.2, 0.25) is 5.02 Å². The van der Waals surface area contributed by atoms with Gasteiger partial charge in [-0.1, -0.05) is 23.7 Å². The van der Waals surface area contributed by atoms with E-state index in [4.69, 9.17) is 16.3 Å². The predicted molar refractivity (Wildman–Crippen MR) is 79.7 cm³/mol. The molecule has 3 atom stereocenters. The summed E-state index contributed by atoms with van der Waals surface area (Å²) in [5, 5.41) is 4.32. The van der Waals surface area contributed by atoms with Gasteiger partial charge in [0.25, 0.3) is 0 Å². The van der Waals surface area contributed by atoms with Gasteiger partial charge < -0.3 is 10.1 Å². The minimum Gasteiger partial charge on any atom is -0.380 e. The zero-order valence-corrected chi connectivity index (χ0v) is 12.7. The summed E-state index contributed by atoms with van der Waals surface area (Å²) in [6.07, 6.45) is 1.45. The van der Waals surface area contributed by atoms with E-state index in [2.05, 4.69) is 30.3 Å². The Kier molecular flexibility index (Phi) is 5.22. The predicted octanol–water partition coefficient (Wildman–Crippen LogP) is 2.71. The molecule has 0 aliphatic carbocycles. The molecule has 1 heterocycles. The molecule has 0 radical (unpaired) electrons. The Balaban J connectivity index is 1.91. The molecule has 3 unspecified atom stereocenters. The lowest BCUT2D eigenvalue weighted by Gasteiger charge is -2.28. The van der Waals surface area contributed by atoms with Crippen LogP contribution in [0.4, 0.5) is 0 Å². The second kappa shape index (κ2) is 6.71. The topological polar surface area (TPSA) is 24.5 Å². The Hall–Kier alpha value is -0.610. The van der Waals surface area contributed by atoms with Crippen molar-refractivity contribution >= 4 is 11.6 Å². The van der Waals surface area contributed by atoms with Crippen molar-refractivity contribution in [2.45, 2.75) is 31.5 Å². The third kappa shape index (κ3) is 3.93. The van der Waals surface area contributed by atoms with Crippen LogP contribution in [0.3, 0.4) is 0 Å². The van der Waals surface area contributed by atoms with Crippen LogP contribution in [-0.2, 0) is 4.74 Å². The molecule has 0 bridgehead atoms. The van der Waals surface area contributed by atoms with E-state index < -0.39 is 0 Å². The molecule has 1 aromatic carbocycles. The number of methoxy groups -OCH3 is 1. The number of likely N-dealkylation sites (N-methyl/N-ethyl adjacent to an activating group) is 1. The van der Waals surface area contributed by atoms with Gasteiger partial charge in [-0.15, -0.1) is 0 Å². The molecule has 0 amide bonds. The van der Waals surface area contributed by atoms with E-state index in [0.717, 1.165) is 24.5 Å². The van der Waals surface area contributed by atoms with Crippen molar-refractivity contribution in [3.05, 3.63) is 34.9 Å². The van der Waals surface area contributed by atoms with Gasteiger partial charge in [-0.25, -0.2) is 0 Å². The molecule has 4 heteroatoms. The van der Waals surface area contributed by atoms with E-state index in [-0.39, 0.29) is 0 Å². The molecule has 1 aliphatic rings. The molecule has 0 aromatic heterocycles. The van der Waals surface area contributed by atoms with Crippen molar-refractivity contribution < 1.29 is 4.74 Å². The molecule has 106 valence electrons. The second-order valence-corrected chi connectivity index (χ2v) is 5.81. The normalized spacial score (nSPS) is 24.9. The average molecular weight is 283 g/mol. The van der Waals surface area contributed by atoms with Crippen LogP contribution < -0.4 is 5.32 Å². The van der Waals surface area contributed by atoms with Gasteiger partial charge in [-0.05, 0) is 38.1 Å². The van der Waals surface area contributed by atoms with Gasteiger partial charge in [-0.3, -0.25) is 4.90 Å². The Morgan fingerprint density at radius 1 is 1.53 bits per heavy atom. The molecule has 1 aromatic rings. The van der Waals surface area contributed by atoms with Crippen LogP contribution in [0.1, 0.15) is 24.9 Å². The maximum atomic E-state index is 6.05. The lowest BCUT2D eigenvalue weighted by molar-refractivity contribution is 0.115. The standard InChI is InChI=1S/C15H23ClN2O/c1-11(12-5-4-6-13(16)7-12)18(2)10-14-8-15(19-3)9-17-14/h4-7,11,14-15,17H,8-10H2,1-3H3. The first-order valence-electron chi connectivity index (χ1n) is 6.82. The summed E-state index contributed by atoms with van der Waals surface area (Å²) < 4.78 is 5.39. The highest BCUT2D eigenvalue weighted by atomic mass is 35.5. The number of benzene rings is 1. The fourth-order valence-electron chi connectivity index (χ4n) is 2.63. The first-order chi connectivity index (χ1) is 9.10. The van der Waals surface area contributed by atoms with Crippen molar-refractivity contribution in [2.75, 3.05) is 27.2 Å². The van der Waals surface area contributed by atoms with Gasteiger partial charge in [0.1, 0.15) is 0 Å². The highest BCUT2D eigenvalue weighted by Crippen LogP contribution is 2.23. The Morgan fingerprint density at radius 3 is 2.95 bits per heavy atom. The van der Waals surface area contributed by atoms with E-state index in [1.54, 1.807) is 7.11 Å². The third-order valence-corrected chi connectivity index (χ3v) is 4.25. The molecule has 19 heavy (non-hydrogen) atoms. The first-order valence-corrected chi connectivity index (χ1v) is 7.20. The van der Waals surface area contributed by atoms with Gasteiger partial charge in [0.2, 0.25) is 0 Å². The summed E-state index contributed by atoms with van der Waals surface area (Å²) in [5.74, 6) is 0. The molecule has 1 saturated heterocycles. The molecule has 0 spiro atoms. The van der Waals surface area contributed by atoms with Crippen LogP contribution in [0.15, 0.2) is 24.3 Å². The number of hydrogen-bond acceptors (Lipinski definition) is 3. The number of hydrogen-bond donors (Lipinski definition) is 1. The summed E-state index contributed by atoms with van der Waals surface area (Å²) in [6.45, 7) is 4.20. The largest absolute Gasteiger partial charge is 0.380 e. The second-order valence-electron chi connectivity index (χ2n) is 5.37. The molecule has 3 nitrogen and oxygen atoms in total. The van der Waals surface area contributed by atoms with Gasteiger partial charge in [0, 0.05) is 37.3 Å². The maximum Gasteiger partial charge on any atom is 0.0711 e. The summed E-state index contributed by atoms with van der Waals surface area (Å²) in [7, 11) is 3.94. The molecule has 1 fully saturated rings. The van der Waals surface area contributed by atoms with Crippen LogP contribution in [0.5, 0.6) is 0 Å². The van der Waals surface area contributed by atoms with Crippen molar-refractivity contribution in [1.29, 1.82) is 0 Å². The molecule has 0 saturated carbocycles. The summed E-state index contributed by atoms with van der Waals surface area (Å²) in [5.41, 5.74) is 1.26. The fourth-order valence-corrected chi connectivity index (χ4v) is 2.83. The Labute approximate surface area is 120 Å². The van der Waals surface area contributed by atoms with Crippen LogP contribution in [0.25, 0.3) is 0 Å². The van der Waals surface area contributed by atoms with Gasteiger partial charge in [0.15, 0.2) is 0 Å². The SMILES string of the molecule is COC1CNC(CN(C)C(C)c2cccc(Cl)c2)C1. The van der Waals surface area contributed by atoms with Crippen molar-refractivity contribution in [1.82, 2.24) is 10.2 Å². The third-order valence-electron chi connectivity index (χ3n) is 4.02.